The molecule has 0 atom stereocenters. The molecule has 1 heterocycles. The molecule has 1 aromatic heterocycles. The van der Waals surface area contributed by atoms with Gasteiger partial charge in [0.25, 0.3) is 0 Å². The molecule has 0 radical (unpaired) electrons. The normalized spacial score (nSPS) is 11.4. The van der Waals surface area contributed by atoms with Gasteiger partial charge in [-0.3, -0.25) is 4.99 Å². The van der Waals surface area contributed by atoms with Gasteiger partial charge >= 0.3 is 0 Å². The van der Waals surface area contributed by atoms with E-state index in [2.05, 4.69) is 25.8 Å². The van der Waals surface area contributed by atoms with Crippen LogP contribution in [0.1, 0.15) is 17.3 Å². The molecular weight excluding hydrogens is 261 g/mol. The van der Waals surface area contributed by atoms with Crippen LogP contribution in [0, 0.1) is 12.7 Å². The topological polar surface area (TPSA) is 75.3 Å². The highest BCUT2D eigenvalue weighted by atomic mass is 19.1. The molecule has 0 amide bonds. The molecule has 0 aliphatic carbocycles. The molecule has 6 nitrogen and oxygen atoms in total. The number of hydrogen-bond acceptors (Lipinski definition) is 4. The molecule has 106 valence electrons. The van der Waals surface area contributed by atoms with Gasteiger partial charge in [0.15, 0.2) is 11.8 Å². The quantitative estimate of drug-likeness (QED) is 0.652. The number of aliphatic imine (C=N–C) groups is 1. The second-order valence-electron chi connectivity index (χ2n) is 4.14. The van der Waals surface area contributed by atoms with Crippen LogP contribution in [0.2, 0.25) is 0 Å². The summed E-state index contributed by atoms with van der Waals surface area (Å²) in [6, 6.07) is 6.29. The Kier molecular flexibility index (Phi) is 4.65. The number of guanidine groups is 1. The van der Waals surface area contributed by atoms with Crippen LogP contribution in [0.25, 0.3) is 0 Å². The van der Waals surface area contributed by atoms with Crippen molar-refractivity contribution in [2.45, 2.75) is 20.0 Å². The standard InChI is InChI=1S/C13H16FN5O/c1-9-18-12(20-19-9)8-17-13(15-2)16-7-10-3-5-11(14)6-4-10/h3-6H,7-8H2,1-2H3,(H2,15,16,17). The minimum absolute atomic E-state index is 0.247. The Morgan fingerprint density at radius 3 is 2.55 bits per heavy atom. The number of benzene rings is 1. The SMILES string of the molecule is CN=C(NCc1ccc(F)cc1)NCc1nc(C)no1. The molecule has 0 aliphatic rings. The van der Waals surface area contributed by atoms with E-state index in [1.54, 1.807) is 26.1 Å². The monoisotopic (exact) mass is 277 g/mol. The Balaban J connectivity index is 1.82. The lowest BCUT2D eigenvalue weighted by molar-refractivity contribution is 0.371. The summed E-state index contributed by atoms with van der Waals surface area (Å²) in [6.45, 7) is 2.70. The number of aryl methyl sites for hydroxylation is 1. The summed E-state index contributed by atoms with van der Waals surface area (Å²) in [6.07, 6.45) is 0. The Hall–Kier alpha value is -2.44. The summed E-state index contributed by atoms with van der Waals surface area (Å²) in [5.74, 6) is 1.44. The largest absolute Gasteiger partial charge is 0.352 e. The molecule has 0 saturated heterocycles. The van der Waals surface area contributed by atoms with E-state index in [4.69, 9.17) is 4.52 Å². The molecule has 0 fully saturated rings. The molecule has 0 spiro atoms. The highest BCUT2D eigenvalue weighted by Crippen LogP contribution is 2.02. The van der Waals surface area contributed by atoms with Crippen LogP contribution in [0.3, 0.4) is 0 Å². The average molecular weight is 277 g/mol. The Bertz CT molecular complexity index is 579. The van der Waals surface area contributed by atoms with Gasteiger partial charge in [-0.25, -0.2) is 4.39 Å². The third-order valence-corrected chi connectivity index (χ3v) is 2.57. The first-order valence-corrected chi connectivity index (χ1v) is 6.15. The van der Waals surface area contributed by atoms with E-state index >= 15 is 0 Å². The Labute approximate surface area is 116 Å². The van der Waals surface area contributed by atoms with Crippen molar-refractivity contribution in [1.29, 1.82) is 0 Å². The van der Waals surface area contributed by atoms with E-state index in [1.807, 2.05) is 0 Å². The molecule has 0 bridgehead atoms. The van der Waals surface area contributed by atoms with E-state index in [1.165, 1.54) is 12.1 Å². The predicted molar refractivity (Wildman–Crippen MR) is 72.5 cm³/mol. The zero-order valence-electron chi connectivity index (χ0n) is 11.4. The van der Waals surface area contributed by atoms with Crippen LogP contribution in [0.5, 0.6) is 0 Å². The van der Waals surface area contributed by atoms with Crippen molar-refractivity contribution in [3.05, 3.63) is 47.4 Å². The molecule has 2 N–H and O–H groups in total. The summed E-state index contributed by atoms with van der Waals surface area (Å²) in [4.78, 5) is 8.15. The number of rotatable bonds is 4. The van der Waals surface area contributed by atoms with Crippen LogP contribution >= 0.6 is 0 Å². The number of nitrogens with zero attached hydrogens (tertiary/aromatic N) is 3. The van der Waals surface area contributed by atoms with E-state index in [9.17, 15) is 4.39 Å². The minimum atomic E-state index is -0.247. The van der Waals surface area contributed by atoms with Crippen LogP contribution in [0.15, 0.2) is 33.8 Å². The maximum atomic E-state index is 12.8. The third kappa shape index (κ3) is 4.04. The summed E-state index contributed by atoms with van der Waals surface area (Å²) >= 11 is 0. The maximum Gasteiger partial charge on any atom is 0.246 e. The lowest BCUT2D eigenvalue weighted by Gasteiger charge is -2.10. The van der Waals surface area contributed by atoms with E-state index in [0.717, 1.165) is 5.56 Å². The summed E-state index contributed by atoms with van der Waals surface area (Å²) < 4.78 is 17.8. The molecule has 0 saturated carbocycles. The van der Waals surface area contributed by atoms with Gasteiger partial charge in [-0.05, 0) is 24.6 Å². The van der Waals surface area contributed by atoms with Crippen LogP contribution in [-0.4, -0.2) is 23.1 Å². The lowest BCUT2D eigenvalue weighted by Crippen LogP contribution is -2.36. The van der Waals surface area contributed by atoms with E-state index < -0.39 is 0 Å². The molecular formula is C13H16FN5O. The van der Waals surface area contributed by atoms with Gasteiger partial charge in [0.2, 0.25) is 5.89 Å². The molecule has 2 aromatic rings. The second-order valence-corrected chi connectivity index (χ2v) is 4.14. The first-order valence-electron chi connectivity index (χ1n) is 6.15. The Morgan fingerprint density at radius 1 is 1.25 bits per heavy atom. The molecule has 7 heteroatoms. The van der Waals surface area contributed by atoms with Gasteiger partial charge in [0.1, 0.15) is 5.82 Å². The van der Waals surface area contributed by atoms with Gasteiger partial charge in [-0.2, -0.15) is 4.98 Å². The maximum absolute atomic E-state index is 12.8. The van der Waals surface area contributed by atoms with Gasteiger partial charge in [-0.1, -0.05) is 17.3 Å². The van der Waals surface area contributed by atoms with Gasteiger partial charge in [0.05, 0.1) is 6.54 Å². The number of halogens is 1. The van der Waals surface area contributed by atoms with Crippen molar-refractivity contribution in [2.75, 3.05) is 7.05 Å². The zero-order chi connectivity index (χ0) is 14.4. The molecule has 1 aromatic carbocycles. The summed E-state index contributed by atoms with van der Waals surface area (Å²) in [5, 5.41) is 9.86. The molecule has 0 aliphatic heterocycles. The van der Waals surface area contributed by atoms with Crippen molar-refractivity contribution in [1.82, 2.24) is 20.8 Å². The van der Waals surface area contributed by atoms with Crippen molar-refractivity contribution >= 4 is 5.96 Å². The summed E-state index contributed by atoms with van der Waals surface area (Å²) in [7, 11) is 1.67. The van der Waals surface area contributed by atoms with Gasteiger partial charge in [0, 0.05) is 13.6 Å². The first-order chi connectivity index (χ1) is 9.67. The Morgan fingerprint density at radius 2 is 1.95 bits per heavy atom. The van der Waals surface area contributed by atoms with Crippen LogP contribution in [-0.2, 0) is 13.1 Å². The summed E-state index contributed by atoms with van der Waals surface area (Å²) in [5.41, 5.74) is 0.961. The second kappa shape index (κ2) is 6.65. The molecule has 2 rings (SSSR count). The number of nitrogens with one attached hydrogen (secondary N) is 2. The van der Waals surface area contributed by atoms with Crippen LogP contribution in [0.4, 0.5) is 4.39 Å². The fourth-order valence-corrected chi connectivity index (χ4v) is 1.58. The van der Waals surface area contributed by atoms with Crippen molar-refractivity contribution < 1.29 is 8.91 Å². The smallest absolute Gasteiger partial charge is 0.246 e. The van der Waals surface area contributed by atoms with E-state index in [0.29, 0.717) is 30.8 Å². The highest BCUT2D eigenvalue weighted by Gasteiger charge is 2.04. The van der Waals surface area contributed by atoms with Crippen molar-refractivity contribution in [3.8, 4) is 0 Å². The minimum Gasteiger partial charge on any atom is -0.352 e. The number of hydrogen-bond donors (Lipinski definition) is 2. The van der Waals surface area contributed by atoms with Gasteiger partial charge < -0.3 is 15.2 Å². The first kappa shape index (κ1) is 14.0. The van der Waals surface area contributed by atoms with Gasteiger partial charge in [-0.15, -0.1) is 0 Å². The number of aromatic nitrogens is 2. The highest BCUT2D eigenvalue weighted by molar-refractivity contribution is 5.79. The fraction of sp³-hybridized carbons (Fsp3) is 0.308. The van der Waals surface area contributed by atoms with Crippen molar-refractivity contribution in [3.63, 3.8) is 0 Å². The zero-order valence-corrected chi connectivity index (χ0v) is 11.4. The van der Waals surface area contributed by atoms with Crippen LogP contribution < -0.4 is 10.6 Å². The molecule has 0 unspecified atom stereocenters. The lowest BCUT2D eigenvalue weighted by atomic mass is 10.2. The third-order valence-electron chi connectivity index (χ3n) is 2.57. The van der Waals surface area contributed by atoms with E-state index in [-0.39, 0.29) is 5.82 Å². The fourth-order valence-electron chi connectivity index (χ4n) is 1.58. The average Bonchev–Trinajstić information content (AvgIpc) is 2.87. The van der Waals surface area contributed by atoms with Crippen molar-refractivity contribution in [2.24, 2.45) is 4.99 Å². The predicted octanol–water partition coefficient (Wildman–Crippen LogP) is 1.38. The molecule has 20 heavy (non-hydrogen) atoms.